The molecule has 0 spiro atoms. The van der Waals surface area contributed by atoms with Gasteiger partial charge >= 0.3 is 5.97 Å². The quantitative estimate of drug-likeness (QED) is 0.531. The molecule has 0 atom stereocenters. The summed E-state index contributed by atoms with van der Waals surface area (Å²) in [5.41, 5.74) is -0.192. The van der Waals surface area contributed by atoms with Crippen molar-refractivity contribution < 1.29 is 31.7 Å². The summed E-state index contributed by atoms with van der Waals surface area (Å²) >= 11 is 6.02. The first-order chi connectivity index (χ1) is 14.6. The Morgan fingerprint density at radius 3 is 2.52 bits per heavy atom. The molecule has 3 rings (SSSR count). The number of hydrogen-bond acceptors (Lipinski definition) is 7. The number of halogens is 2. The average molecular weight is 468 g/mol. The Kier molecular flexibility index (Phi) is 6.39. The number of amides is 1. The lowest BCUT2D eigenvalue weighted by Gasteiger charge is -2.08. The van der Waals surface area contributed by atoms with E-state index in [1.807, 2.05) is 0 Å². The average Bonchev–Trinajstić information content (AvgIpc) is 3.07. The number of esters is 1. The van der Waals surface area contributed by atoms with E-state index in [0.717, 1.165) is 6.07 Å². The van der Waals surface area contributed by atoms with Gasteiger partial charge in [-0.1, -0.05) is 22.8 Å². The topological polar surface area (TPSA) is 142 Å². The number of anilines is 1. The summed E-state index contributed by atoms with van der Waals surface area (Å²) in [7, 11) is -3.86. The van der Waals surface area contributed by atoms with Crippen LogP contribution < -0.4 is 10.5 Å². The van der Waals surface area contributed by atoms with Gasteiger partial charge in [-0.05, 0) is 43.3 Å². The molecule has 0 bridgehead atoms. The number of nitrogens with two attached hydrogens (primary N) is 1. The number of aryl methyl sites for hydroxylation is 1. The molecule has 1 heterocycles. The number of aromatic nitrogens is 1. The molecule has 1 aromatic heterocycles. The van der Waals surface area contributed by atoms with Gasteiger partial charge in [0.05, 0.1) is 15.5 Å². The van der Waals surface area contributed by atoms with Crippen molar-refractivity contribution >= 4 is 39.2 Å². The number of carbonyl (C=O) groups is 2. The fraction of sp³-hybridized carbons (Fsp3) is 0.105. The van der Waals surface area contributed by atoms with Gasteiger partial charge < -0.3 is 14.6 Å². The van der Waals surface area contributed by atoms with Gasteiger partial charge in [0.2, 0.25) is 10.0 Å². The van der Waals surface area contributed by atoms with Crippen LogP contribution in [0.2, 0.25) is 5.02 Å². The van der Waals surface area contributed by atoms with Crippen LogP contribution in [-0.4, -0.2) is 32.1 Å². The highest BCUT2D eigenvalue weighted by Crippen LogP contribution is 2.33. The standard InChI is InChI=1S/C19H15ClFN3O6S/c1-10-16(18(24-30-10)17-13(20)3-2-4-14(17)21)19(26)29-9-15(25)23-11-5-7-12(8-6-11)31(22,27)28/h2-8H,9H2,1H3,(H,23,25)(H2,22,27,28). The van der Waals surface area contributed by atoms with Crippen molar-refractivity contribution in [2.75, 3.05) is 11.9 Å². The molecule has 0 radical (unpaired) electrons. The van der Waals surface area contributed by atoms with Crippen molar-refractivity contribution in [2.24, 2.45) is 5.14 Å². The Morgan fingerprint density at radius 2 is 1.90 bits per heavy atom. The van der Waals surface area contributed by atoms with Gasteiger partial charge in [-0.2, -0.15) is 0 Å². The summed E-state index contributed by atoms with van der Waals surface area (Å²) in [6, 6.07) is 9.03. The Hall–Kier alpha value is -3.28. The number of sulfonamides is 1. The zero-order valence-corrected chi connectivity index (χ0v) is 17.5. The molecule has 1 amide bonds. The molecule has 0 aliphatic heterocycles. The van der Waals surface area contributed by atoms with Crippen LogP contribution in [0.15, 0.2) is 51.9 Å². The minimum absolute atomic E-state index is 0.0167. The number of nitrogens with one attached hydrogen (secondary N) is 1. The van der Waals surface area contributed by atoms with E-state index >= 15 is 0 Å². The van der Waals surface area contributed by atoms with Gasteiger partial charge in [0.25, 0.3) is 5.91 Å². The van der Waals surface area contributed by atoms with Crippen molar-refractivity contribution in [1.82, 2.24) is 5.16 Å². The van der Waals surface area contributed by atoms with Crippen LogP contribution in [0, 0.1) is 12.7 Å². The number of benzene rings is 2. The van der Waals surface area contributed by atoms with Gasteiger partial charge in [-0.25, -0.2) is 22.7 Å². The second kappa shape index (κ2) is 8.84. The lowest BCUT2D eigenvalue weighted by Crippen LogP contribution is -2.21. The van der Waals surface area contributed by atoms with Crippen molar-refractivity contribution in [3.8, 4) is 11.3 Å². The van der Waals surface area contributed by atoms with E-state index in [1.54, 1.807) is 0 Å². The Balaban J connectivity index is 1.70. The Morgan fingerprint density at radius 1 is 1.23 bits per heavy atom. The van der Waals surface area contributed by atoms with E-state index in [4.69, 9.17) is 26.0 Å². The van der Waals surface area contributed by atoms with Crippen molar-refractivity contribution in [2.45, 2.75) is 11.8 Å². The molecule has 12 heteroatoms. The third-order valence-electron chi connectivity index (χ3n) is 4.07. The molecule has 9 nitrogen and oxygen atoms in total. The molecule has 0 fully saturated rings. The monoisotopic (exact) mass is 467 g/mol. The molecule has 0 saturated carbocycles. The molecule has 162 valence electrons. The predicted octanol–water partition coefficient (Wildman–Crippen LogP) is 2.89. The number of hydrogen-bond donors (Lipinski definition) is 2. The van der Waals surface area contributed by atoms with Gasteiger partial charge in [0, 0.05) is 5.69 Å². The van der Waals surface area contributed by atoms with E-state index < -0.39 is 34.3 Å². The zero-order chi connectivity index (χ0) is 22.8. The highest BCUT2D eigenvalue weighted by atomic mass is 35.5. The first kappa shape index (κ1) is 22.4. The normalized spacial score (nSPS) is 11.2. The number of ether oxygens (including phenoxy) is 1. The van der Waals surface area contributed by atoms with E-state index in [1.165, 1.54) is 43.3 Å². The number of rotatable bonds is 6. The Labute approximate surface area is 181 Å². The number of nitrogens with zero attached hydrogens (tertiary/aromatic N) is 1. The maximum atomic E-state index is 14.2. The summed E-state index contributed by atoms with van der Waals surface area (Å²) in [6.45, 7) is 0.750. The van der Waals surface area contributed by atoms with Crippen molar-refractivity contribution in [1.29, 1.82) is 0 Å². The molecule has 3 aromatic rings. The van der Waals surface area contributed by atoms with Crippen molar-refractivity contribution in [3.05, 3.63) is 64.6 Å². The fourth-order valence-electron chi connectivity index (χ4n) is 2.64. The minimum atomic E-state index is -3.86. The predicted molar refractivity (Wildman–Crippen MR) is 108 cm³/mol. The summed E-state index contributed by atoms with van der Waals surface area (Å²) in [4.78, 5) is 24.4. The Bertz CT molecular complexity index is 1240. The summed E-state index contributed by atoms with van der Waals surface area (Å²) in [6.07, 6.45) is 0. The second-order valence-corrected chi connectivity index (χ2v) is 8.22. The molecule has 0 saturated heterocycles. The molecule has 2 aromatic carbocycles. The maximum absolute atomic E-state index is 14.2. The molecule has 0 unspecified atom stereocenters. The van der Waals surface area contributed by atoms with Gasteiger partial charge in [-0.3, -0.25) is 4.79 Å². The summed E-state index contributed by atoms with van der Waals surface area (Å²) < 4.78 is 46.7. The number of primary sulfonamides is 1. The van der Waals surface area contributed by atoms with E-state index in [-0.39, 0.29) is 38.2 Å². The molecule has 0 aliphatic carbocycles. The van der Waals surface area contributed by atoms with Crippen LogP contribution >= 0.6 is 11.6 Å². The van der Waals surface area contributed by atoms with Crippen LogP contribution in [0.5, 0.6) is 0 Å². The first-order valence-electron chi connectivity index (χ1n) is 8.58. The van der Waals surface area contributed by atoms with E-state index in [2.05, 4.69) is 10.5 Å². The molecular formula is C19H15ClFN3O6S. The molecular weight excluding hydrogens is 453 g/mol. The third kappa shape index (κ3) is 5.08. The zero-order valence-electron chi connectivity index (χ0n) is 15.9. The lowest BCUT2D eigenvalue weighted by atomic mass is 10.1. The van der Waals surface area contributed by atoms with Gasteiger partial charge in [-0.15, -0.1) is 0 Å². The highest BCUT2D eigenvalue weighted by Gasteiger charge is 2.27. The highest BCUT2D eigenvalue weighted by molar-refractivity contribution is 7.89. The second-order valence-electron chi connectivity index (χ2n) is 6.25. The molecule has 3 N–H and O–H groups in total. The summed E-state index contributed by atoms with van der Waals surface area (Å²) in [5.74, 6) is -2.32. The summed E-state index contributed by atoms with van der Waals surface area (Å²) in [5, 5.41) is 11.1. The fourth-order valence-corrected chi connectivity index (χ4v) is 3.40. The largest absolute Gasteiger partial charge is 0.452 e. The van der Waals surface area contributed by atoms with Crippen LogP contribution in [0.4, 0.5) is 10.1 Å². The van der Waals surface area contributed by atoms with Crippen LogP contribution in [-0.2, 0) is 19.6 Å². The van der Waals surface area contributed by atoms with Crippen LogP contribution in [0.3, 0.4) is 0 Å². The third-order valence-corrected chi connectivity index (χ3v) is 5.31. The van der Waals surface area contributed by atoms with Gasteiger partial charge in [0.15, 0.2) is 6.61 Å². The van der Waals surface area contributed by atoms with Crippen molar-refractivity contribution in [3.63, 3.8) is 0 Å². The molecule has 0 aliphatic rings. The van der Waals surface area contributed by atoms with E-state index in [0.29, 0.717) is 0 Å². The number of carbonyl (C=O) groups excluding carboxylic acids is 2. The van der Waals surface area contributed by atoms with Gasteiger partial charge in [0.1, 0.15) is 22.8 Å². The maximum Gasteiger partial charge on any atom is 0.344 e. The minimum Gasteiger partial charge on any atom is -0.452 e. The smallest absolute Gasteiger partial charge is 0.344 e. The van der Waals surface area contributed by atoms with Crippen LogP contribution in [0.1, 0.15) is 16.1 Å². The van der Waals surface area contributed by atoms with E-state index in [9.17, 15) is 22.4 Å². The first-order valence-corrected chi connectivity index (χ1v) is 10.5. The molecule has 31 heavy (non-hydrogen) atoms. The lowest BCUT2D eigenvalue weighted by molar-refractivity contribution is -0.119. The van der Waals surface area contributed by atoms with Crippen LogP contribution in [0.25, 0.3) is 11.3 Å². The SMILES string of the molecule is Cc1onc(-c2c(F)cccc2Cl)c1C(=O)OCC(=O)Nc1ccc(S(N)(=O)=O)cc1.